The number of nitrogens with one attached hydrogen (secondary N) is 2. The van der Waals surface area contributed by atoms with E-state index in [1.165, 1.54) is 19.4 Å². The topological polar surface area (TPSA) is 103 Å². The van der Waals surface area contributed by atoms with Gasteiger partial charge in [-0.3, -0.25) is 4.79 Å². The number of hydrogen-bond donors (Lipinski definition) is 2. The SMILES string of the molecule is CCCCNC(=O)N(Cc1cc(=O)c(OC)c[nH]1)[N+]#N. The number of carbonyl (C=O) groups is 1. The molecular formula is C12H18N5O3+. The molecule has 0 saturated heterocycles. The number of diazo groups is 1. The Bertz CT molecular complexity index is 549. The van der Waals surface area contributed by atoms with Crippen LogP contribution in [-0.4, -0.2) is 29.7 Å². The zero-order valence-electron chi connectivity index (χ0n) is 11.5. The molecule has 108 valence electrons. The molecule has 0 aliphatic carbocycles. The molecule has 0 aromatic carbocycles. The molecule has 2 N–H and O–H groups in total. The van der Waals surface area contributed by atoms with Gasteiger partial charge in [-0.2, -0.15) is 0 Å². The normalized spacial score (nSPS) is 9.65. The lowest BCUT2D eigenvalue weighted by atomic mass is 10.3. The van der Waals surface area contributed by atoms with E-state index in [0.29, 0.717) is 12.2 Å². The Labute approximate surface area is 116 Å². The van der Waals surface area contributed by atoms with Gasteiger partial charge in [-0.15, -0.1) is 0 Å². The Morgan fingerprint density at radius 3 is 2.90 bits per heavy atom. The standard InChI is InChI=1S/C12H17N5O3/c1-3-4-5-14-12(19)17(16-13)8-9-6-10(18)11(20-2)7-15-9/h6-7H,3-5,8H2,1-2H3,(H-,14,15,18,19)/p+1. The predicted molar refractivity (Wildman–Crippen MR) is 72.5 cm³/mol. The highest BCUT2D eigenvalue weighted by Crippen LogP contribution is 2.05. The highest BCUT2D eigenvalue weighted by atomic mass is 16.5. The van der Waals surface area contributed by atoms with Crippen LogP contribution in [0.15, 0.2) is 17.1 Å². The first-order chi connectivity index (χ1) is 9.62. The third-order valence-corrected chi connectivity index (χ3v) is 2.63. The van der Waals surface area contributed by atoms with Gasteiger partial charge in [0.05, 0.1) is 12.1 Å². The summed E-state index contributed by atoms with van der Waals surface area (Å²) in [6, 6.07) is 0.758. The van der Waals surface area contributed by atoms with Crippen molar-refractivity contribution >= 4 is 6.03 Å². The Balaban J connectivity index is 2.69. The maximum atomic E-state index is 11.7. The second-order valence-corrected chi connectivity index (χ2v) is 4.12. The maximum absolute atomic E-state index is 11.7. The van der Waals surface area contributed by atoms with E-state index < -0.39 is 6.03 Å². The quantitative estimate of drug-likeness (QED) is 0.468. The van der Waals surface area contributed by atoms with Gasteiger partial charge in [-0.1, -0.05) is 13.3 Å². The monoisotopic (exact) mass is 280 g/mol. The third kappa shape index (κ3) is 4.28. The summed E-state index contributed by atoms with van der Waals surface area (Å²) in [5.74, 6) is 0.175. The van der Waals surface area contributed by atoms with Crippen molar-refractivity contribution in [1.29, 1.82) is 5.39 Å². The van der Waals surface area contributed by atoms with Gasteiger partial charge in [0.2, 0.25) is 5.43 Å². The summed E-state index contributed by atoms with van der Waals surface area (Å²) in [5.41, 5.74) is 0.116. The maximum Gasteiger partial charge on any atom is 0.390 e. The van der Waals surface area contributed by atoms with Crippen LogP contribution in [0.25, 0.3) is 5.08 Å². The summed E-state index contributed by atoms with van der Waals surface area (Å²) in [6.07, 6.45) is 3.18. The molecule has 20 heavy (non-hydrogen) atoms. The van der Waals surface area contributed by atoms with E-state index >= 15 is 0 Å². The minimum Gasteiger partial charge on any atom is -0.491 e. The van der Waals surface area contributed by atoms with Gasteiger partial charge >= 0.3 is 11.1 Å². The number of aromatic amines is 1. The molecule has 0 aliphatic heterocycles. The Morgan fingerprint density at radius 2 is 2.35 bits per heavy atom. The molecule has 0 unspecified atom stereocenters. The number of urea groups is 1. The van der Waals surface area contributed by atoms with Crippen molar-refractivity contribution in [1.82, 2.24) is 15.3 Å². The van der Waals surface area contributed by atoms with Gasteiger partial charge in [0.1, 0.15) is 6.54 Å². The van der Waals surface area contributed by atoms with E-state index in [1.807, 2.05) is 6.92 Å². The van der Waals surface area contributed by atoms with Crippen molar-refractivity contribution in [2.45, 2.75) is 26.3 Å². The highest BCUT2D eigenvalue weighted by Gasteiger charge is 2.24. The van der Waals surface area contributed by atoms with Crippen molar-refractivity contribution in [3.05, 3.63) is 33.3 Å². The van der Waals surface area contributed by atoms with Crippen molar-refractivity contribution in [2.75, 3.05) is 13.7 Å². The van der Waals surface area contributed by atoms with Crippen molar-refractivity contribution in [3.63, 3.8) is 0 Å². The Hall–Kier alpha value is -2.56. The fourth-order valence-corrected chi connectivity index (χ4v) is 1.52. The number of aromatic nitrogens is 1. The first kappa shape index (κ1) is 15.5. The number of hydrogen-bond acceptors (Lipinski definition) is 4. The van der Waals surface area contributed by atoms with Crippen molar-refractivity contribution in [2.24, 2.45) is 0 Å². The van der Waals surface area contributed by atoms with E-state index in [2.05, 4.69) is 15.4 Å². The van der Waals surface area contributed by atoms with E-state index in [9.17, 15) is 9.59 Å². The third-order valence-electron chi connectivity index (χ3n) is 2.63. The van der Waals surface area contributed by atoms with Crippen LogP contribution in [0.3, 0.4) is 0 Å². The average molecular weight is 280 g/mol. The summed E-state index contributed by atoms with van der Waals surface area (Å²) >= 11 is 0. The van der Waals surface area contributed by atoms with E-state index in [4.69, 9.17) is 10.1 Å². The molecule has 2 amide bonds. The second kappa shape index (κ2) is 7.78. The average Bonchev–Trinajstić information content (AvgIpc) is 2.45. The summed E-state index contributed by atoms with van der Waals surface area (Å²) in [4.78, 5) is 26.1. The van der Waals surface area contributed by atoms with Crippen LogP contribution in [0.4, 0.5) is 4.79 Å². The van der Waals surface area contributed by atoms with Crippen molar-refractivity contribution in [3.8, 4) is 5.75 Å². The van der Waals surface area contributed by atoms with Gasteiger partial charge in [-0.05, 0) is 6.42 Å². The molecule has 0 saturated carbocycles. The molecule has 0 fully saturated rings. The zero-order chi connectivity index (χ0) is 15.0. The molecular weight excluding hydrogens is 262 g/mol. The lowest BCUT2D eigenvalue weighted by Crippen LogP contribution is -2.36. The number of ether oxygens (including phenoxy) is 1. The zero-order valence-corrected chi connectivity index (χ0v) is 11.5. The molecule has 1 aromatic heterocycles. The highest BCUT2D eigenvalue weighted by molar-refractivity contribution is 5.74. The minimum atomic E-state index is -0.530. The predicted octanol–water partition coefficient (Wildman–Crippen LogP) is 1.46. The number of nitrogens with zero attached hydrogens (tertiary/aromatic N) is 3. The fourth-order valence-electron chi connectivity index (χ4n) is 1.52. The summed E-state index contributed by atoms with van der Waals surface area (Å²) in [6.45, 7) is 2.45. The number of methoxy groups -OCH3 is 1. The summed E-state index contributed by atoms with van der Waals surface area (Å²) in [7, 11) is 1.39. The number of unbranched alkanes of at least 4 members (excludes halogenated alkanes) is 1. The van der Waals surface area contributed by atoms with Crippen molar-refractivity contribution < 1.29 is 9.53 Å². The Morgan fingerprint density at radius 1 is 1.60 bits per heavy atom. The van der Waals surface area contributed by atoms with Gasteiger partial charge in [-0.25, -0.2) is 4.79 Å². The number of rotatable bonds is 6. The molecule has 0 radical (unpaired) electrons. The van der Waals surface area contributed by atoms with E-state index in [0.717, 1.165) is 17.9 Å². The first-order valence-electron chi connectivity index (χ1n) is 6.28. The lowest BCUT2D eigenvalue weighted by Gasteiger charge is -2.06. The van der Waals surface area contributed by atoms with E-state index in [1.54, 1.807) is 0 Å². The minimum absolute atomic E-state index is 0.0479. The fraction of sp³-hybridized carbons (Fsp3) is 0.500. The van der Waals surface area contributed by atoms with Crippen LogP contribution in [0.5, 0.6) is 5.75 Å². The number of amides is 2. The lowest BCUT2D eigenvalue weighted by molar-refractivity contribution is 0.211. The molecule has 0 spiro atoms. The van der Waals surface area contributed by atoms with Crippen LogP contribution >= 0.6 is 0 Å². The van der Waals surface area contributed by atoms with Crippen LogP contribution in [0.2, 0.25) is 0 Å². The van der Waals surface area contributed by atoms with Gasteiger partial charge < -0.3 is 15.0 Å². The Kier molecular flexibility index (Phi) is 6.03. The molecule has 0 aliphatic rings. The molecule has 0 atom stereocenters. The number of pyridine rings is 1. The van der Waals surface area contributed by atoms with Crippen LogP contribution in [0, 0.1) is 5.39 Å². The molecule has 8 heteroatoms. The van der Waals surface area contributed by atoms with E-state index in [-0.39, 0.29) is 17.7 Å². The summed E-state index contributed by atoms with van der Waals surface area (Å²) < 4.78 is 4.83. The van der Waals surface area contributed by atoms with Gasteiger partial charge in [0.15, 0.2) is 5.75 Å². The van der Waals surface area contributed by atoms with Gasteiger partial charge in [0.25, 0.3) is 5.39 Å². The number of H-pyrrole nitrogens is 1. The molecule has 1 rings (SSSR count). The molecule has 1 aromatic rings. The molecule has 0 bridgehead atoms. The molecule has 8 nitrogen and oxygen atoms in total. The summed E-state index contributed by atoms with van der Waals surface area (Å²) in [5, 5.41) is 15.2. The van der Waals surface area contributed by atoms with Crippen LogP contribution in [-0.2, 0) is 6.54 Å². The second-order valence-electron chi connectivity index (χ2n) is 4.12. The largest absolute Gasteiger partial charge is 0.491 e. The number of carbonyl (C=O) groups excluding carboxylic acids is 1. The molecule has 1 heterocycles. The smallest absolute Gasteiger partial charge is 0.390 e. The van der Waals surface area contributed by atoms with Gasteiger partial charge in [0, 0.05) is 24.5 Å². The van der Waals surface area contributed by atoms with Crippen LogP contribution < -0.4 is 15.5 Å². The first-order valence-corrected chi connectivity index (χ1v) is 6.28. The van der Waals surface area contributed by atoms with Crippen LogP contribution in [0.1, 0.15) is 25.5 Å².